The number of rotatable bonds is 2. The number of amides is 1. The van der Waals surface area contributed by atoms with Crippen LogP contribution in [0.15, 0.2) is 49.1 Å². The van der Waals surface area contributed by atoms with Crippen molar-refractivity contribution in [3.05, 3.63) is 54.6 Å². The number of fused-ring (bicyclic) bond motifs is 2. The molecule has 2 aliphatic heterocycles. The summed E-state index contributed by atoms with van der Waals surface area (Å²) in [5, 5.41) is 0. The second kappa shape index (κ2) is 3.82. The molecule has 1 amide bonds. The lowest BCUT2D eigenvalue weighted by Gasteiger charge is -2.21. The van der Waals surface area contributed by atoms with E-state index in [4.69, 9.17) is 4.74 Å². The molecule has 0 aromatic heterocycles. The smallest absolute Gasteiger partial charge is 0.335 e. The lowest BCUT2D eigenvalue weighted by Crippen LogP contribution is -2.42. The first-order valence-electron chi connectivity index (χ1n) is 6.02. The number of carbonyl (C=O) groups excluding carboxylic acids is 2. The highest BCUT2D eigenvalue weighted by Gasteiger charge is 2.58. The largest absolute Gasteiger partial charge is 0.460 e. The van der Waals surface area contributed by atoms with E-state index in [-0.39, 0.29) is 18.1 Å². The molecule has 0 aliphatic carbocycles. The SMILES string of the molecule is C=CCN1C(=O)[C@@]2(COC(=O)C2=C)c2ccccc21. The quantitative estimate of drug-likeness (QED) is 0.458. The summed E-state index contributed by atoms with van der Waals surface area (Å²) in [5.74, 6) is -0.659. The van der Waals surface area contributed by atoms with Crippen molar-refractivity contribution in [3.63, 3.8) is 0 Å². The Balaban J connectivity index is 2.23. The molecule has 4 nitrogen and oxygen atoms in total. The van der Waals surface area contributed by atoms with Crippen molar-refractivity contribution in [3.8, 4) is 0 Å². The van der Waals surface area contributed by atoms with Gasteiger partial charge in [0.1, 0.15) is 12.0 Å². The molecule has 1 atom stereocenters. The van der Waals surface area contributed by atoms with Crippen molar-refractivity contribution in [1.29, 1.82) is 0 Å². The Hall–Kier alpha value is -2.36. The minimum atomic E-state index is -1.04. The predicted molar refractivity (Wildman–Crippen MR) is 70.8 cm³/mol. The zero-order chi connectivity index (χ0) is 13.6. The summed E-state index contributed by atoms with van der Waals surface area (Å²) >= 11 is 0. The summed E-state index contributed by atoms with van der Waals surface area (Å²) in [6, 6.07) is 7.42. The lowest BCUT2D eigenvalue weighted by molar-refractivity contribution is -0.135. The number of benzene rings is 1. The number of para-hydroxylation sites is 1. The van der Waals surface area contributed by atoms with E-state index >= 15 is 0 Å². The van der Waals surface area contributed by atoms with Crippen LogP contribution in [-0.4, -0.2) is 25.0 Å². The van der Waals surface area contributed by atoms with Crippen LogP contribution in [-0.2, 0) is 19.7 Å². The van der Waals surface area contributed by atoms with Gasteiger partial charge in [0, 0.05) is 12.2 Å². The van der Waals surface area contributed by atoms with Crippen molar-refractivity contribution in [2.75, 3.05) is 18.1 Å². The second-order valence-corrected chi connectivity index (χ2v) is 4.68. The zero-order valence-corrected chi connectivity index (χ0v) is 10.4. The molecule has 2 heterocycles. The molecule has 0 radical (unpaired) electrons. The Morgan fingerprint density at radius 1 is 1.37 bits per heavy atom. The number of cyclic esters (lactones) is 1. The summed E-state index contributed by atoms with van der Waals surface area (Å²) in [5.41, 5.74) is 0.762. The third-order valence-electron chi connectivity index (χ3n) is 3.76. The van der Waals surface area contributed by atoms with Crippen LogP contribution < -0.4 is 4.90 Å². The number of nitrogens with zero attached hydrogens (tertiary/aromatic N) is 1. The summed E-state index contributed by atoms with van der Waals surface area (Å²) in [7, 11) is 0. The highest BCUT2D eigenvalue weighted by molar-refractivity contribution is 6.16. The van der Waals surface area contributed by atoms with Crippen molar-refractivity contribution in [1.82, 2.24) is 0 Å². The first kappa shape index (κ1) is 11.7. The average molecular weight is 255 g/mol. The second-order valence-electron chi connectivity index (χ2n) is 4.68. The fourth-order valence-electron chi connectivity index (χ4n) is 2.79. The normalized spacial score (nSPS) is 24.8. The molecular formula is C15H13NO3. The van der Waals surface area contributed by atoms with E-state index in [1.54, 1.807) is 11.0 Å². The molecule has 0 N–H and O–H groups in total. The van der Waals surface area contributed by atoms with Gasteiger partial charge in [-0.05, 0) is 11.6 Å². The van der Waals surface area contributed by atoms with Gasteiger partial charge in [0.15, 0.2) is 0 Å². The van der Waals surface area contributed by atoms with E-state index in [0.29, 0.717) is 6.54 Å². The molecule has 96 valence electrons. The fourth-order valence-corrected chi connectivity index (χ4v) is 2.79. The van der Waals surface area contributed by atoms with Gasteiger partial charge in [-0.1, -0.05) is 30.9 Å². The summed E-state index contributed by atoms with van der Waals surface area (Å²) in [6.45, 7) is 7.87. The van der Waals surface area contributed by atoms with Crippen molar-refractivity contribution in [2.45, 2.75) is 5.41 Å². The molecule has 0 unspecified atom stereocenters. The molecule has 1 fully saturated rings. The number of hydrogen-bond donors (Lipinski definition) is 0. The van der Waals surface area contributed by atoms with Gasteiger partial charge in [0.25, 0.3) is 0 Å². The average Bonchev–Trinajstić information content (AvgIpc) is 2.85. The van der Waals surface area contributed by atoms with Gasteiger partial charge in [-0.15, -0.1) is 6.58 Å². The van der Waals surface area contributed by atoms with Crippen LogP contribution in [0.1, 0.15) is 5.56 Å². The number of ether oxygens (including phenoxy) is 1. The third kappa shape index (κ3) is 1.28. The third-order valence-corrected chi connectivity index (χ3v) is 3.76. The van der Waals surface area contributed by atoms with Crippen LogP contribution in [0.3, 0.4) is 0 Å². The molecule has 3 rings (SSSR count). The lowest BCUT2D eigenvalue weighted by atomic mass is 9.78. The molecule has 1 aromatic carbocycles. The predicted octanol–water partition coefficient (Wildman–Crippen LogP) is 1.57. The molecule has 2 aliphatic rings. The minimum Gasteiger partial charge on any atom is -0.460 e. The Kier molecular flexibility index (Phi) is 2.35. The van der Waals surface area contributed by atoms with E-state index in [2.05, 4.69) is 13.2 Å². The number of hydrogen-bond acceptors (Lipinski definition) is 3. The van der Waals surface area contributed by atoms with Crippen molar-refractivity contribution < 1.29 is 14.3 Å². The first-order chi connectivity index (χ1) is 9.13. The Bertz CT molecular complexity index is 620. The van der Waals surface area contributed by atoms with Crippen LogP contribution in [0.4, 0.5) is 5.69 Å². The summed E-state index contributed by atoms with van der Waals surface area (Å²) in [6.07, 6.45) is 1.66. The van der Waals surface area contributed by atoms with Crippen LogP contribution in [0.2, 0.25) is 0 Å². The molecule has 1 aromatic rings. The Morgan fingerprint density at radius 3 is 2.74 bits per heavy atom. The molecule has 19 heavy (non-hydrogen) atoms. The summed E-state index contributed by atoms with van der Waals surface area (Å²) in [4.78, 5) is 26.0. The maximum Gasteiger partial charge on any atom is 0.335 e. The van der Waals surface area contributed by atoms with E-state index < -0.39 is 11.4 Å². The van der Waals surface area contributed by atoms with Crippen LogP contribution in [0.25, 0.3) is 0 Å². The molecular weight excluding hydrogens is 242 g/mol. The number of carbonyl (C=O) groups is 2. The van der Waals surface area contributed by atoms with Crippen LogP contribution in [0.5, 0.6) is 0 Å². The first-order valence-corrected chi connectivity index (χ1v) is 6.02. The molecule has 0 bridgehead atoms. The molecule has 1 spiro atoms. The highest BCUT2D eigenvalue weighted by Crippen LogP contribution is 2.48. The van der Waals surface area contributed by atoms with Gasteiger partial charge >= 0.3 is 5.97 Å². The molecule has 4 heteroatoms. The van der Waals surface area contributed by atoms with E-state index in [1.165, 1.54) is 0 Å². The van der Waals surface area contributed by atoms with E-state index in [9.17, 15) is 9.59 Å². The van der Waals surface area contributed by atoms with Crippen LogP contribution >= 0.6 is 0 Å². The van der Waals surface area contributed by atoms with Gasteiger partial charge in [-0.2, -0.15) is 0 Å². The van der Waals surface area contributed by atoms with Gasteiger partial charge in [-0.3, -0.25) is 4.79 Å². The van der Waals surface area contributed by atoms with Gasteiger partial charge in [-0.25, -0.2) is 4.79 Å². The summed E-state index contributed by atoms with van der Waals surface area (Å²) < 4.78 is 5.04. The fraction of sp³-hybridized carbons (Fsp3) is 0.200. The van der Waals surface area contributed by atoms with Crippen molar-refractivity contribution >= 4 is 17.6 Å². The van der Waals surface area contributed by atoms with Crippen molar-refractivity contribution in [2.24, 2.45) is 0 Å². The Morgan fingerprint density at radius 2 is 2.11 bits per heavy atom. The van der Waals surface area contributed by atoms with E-state index in [1.807, 2.05) is 24.3 Å². The maximum atomic E-state index is 12.7. The Labute approximate surface area is 111 Å². The molecule has 0 saturated carbocycles. The minimum absolute atomic E-state index is 0.0359. The topological polar surface area (TPSA) is 46.6 Å². The van der Waals surface area contributed by atoms with Crippen LogP contribution in [0, 0.1) is 0 Å². The maximum absolute atomic E-state index is 12.7. The van der Waals surface area contributed by atoms with Gasteiger partial charge in [0.05, 0.1) is 5.57 Å². The monoisotopic (exact) mass is 255 g/mol. The number of anilines is 1. The molecule has 1 saturated heterocycles. The zero-order valence-electron chi connectivity index (χ0n) is 10.4. The van der Waals surface area contributed by atoms with Gasteiger partial charge < -0.3 is 9.64 Å². The highest BCUT2D eigenvalue weighted by atomic mass is 16.5. The van der Waals surface area contributed by atoms with Gasteiger partial charge in [0.2, 0.25) is 5.91 Å². The standard InChI is InChI=1S/C15H13NO3/c1-3-8-16-12-7-5-4-6-11(12)15(14(16)18)9-19-13(17)10(15)2/h3-7H,1-2,8-9H2/t15-/m1/s1. The van der Waals surface area contributed by atoms with E-state index in [0.717, 1.165) is 11.3 Å². The number of esters is 1.